The molecular weight excluding hydrogens is 304 g/mol. The summed E-state index contributed by atoms with van der Waals surface area (Å²) in [6.45, 7) is 4.66. The SMILES string of the molecule is CCCCCCOc1ccc(C(=O)N/N=C(\C)c2ccco2)cc1. The molecule has 0 aliphatic heterocycles. The zero-order chi connectivity index (χ0) is 17.2. The van der Waals surface area contributed by atoms with E-state index in [1.165, 1.54) is 19.3 Å². The van der Waals surface area contributed by atoms with Crippen molar-refractivity contribution in [1.82, 2.24) is 5.43 Å². The van der Waals surface area contributed by atoms with Gasteiger partial charge in [0.25, 0.3) is 5.91 Å². The van der Waals surface area contributed by atoms with Gasteiger partial charge in [-0.25, -0.2) is 5.43 Å². The van der Waals surface area contributed by atoms with Crippen LogP contribution in [-0.2, 0) is 0 Å². The van der Waals surface area contributed by atoms with E-state index in [2.05, 4.69) is 17.5 Å². The fourth-order valence-electron chi connectivity index (χ4n) is 2.16. The second-order valence-electron chi connectivity index (χ2n) is 5.55. The highest BCUT2D eigenvalue weighted by Gasteiger charge is 2.06. The van der Waals surface area contributed by atoms with Gasteiger partial charge in [0.15, 0.2) is 0 Å². The van der Waals surface area contributed by atoms with Crippen molar-refractivity contribution in [3.63, 3.8) is 0 Å². The molecule has 1 aromatic carbocycles. The number of nitrogens with zero attached hydrogens (tertiary/aromatic N) is 1. The van der Waals surface area contributed by atoms with Gasteiger partial charge in [0.1, 0.15) is 17.2 Å². The van der Waals surface area contributed by atoms with Crippen LogP contribution < -0.4 is 10.2 Å². The maximum Gasteiger partial charge on any atom is 0.271 e. The van der Waals surface area contributed by atoms with E-state index in [1.807, 2.05) is 0 Å². The van der Waals surface area contributed by atoms with Gasteiger partial charge in [-0.2, -0.15) is 5.10 Å². The van der Waals surface area contributed by atoms with Crippen LogP contribution >= 0.6 is 0 Å². The topological polar surface area (TPSA) is 63.8 Å². The minimum atomic E-state index is -0.268. The van der Waals surface area contributed by atoms with E-state index in [9.17, 15) is 4.79 Å². The molecule has 24 heavy (non-hydrogen) atoms. The molecule has 5 heteroatoms. The van der Waals surface area contributed by atoms with Crippen molar-refractivity contribution in [2.24, 2.45) is 5.10 Å². The molecule has 1 heterocycles. The Morgan fingerprint density at radius 3 is 2.62 bits per heavy atom. The Kier molecular flexibility index (Phi) is 7.08. The molecule has 1 N–H and O–H groups in total. The van der Waals surface area contributed by atoms with E-state index in [1.54, 1.807) is 49.6 Å². The second kappa shape index (κ2) is 9.55. The zero-order valence-corrected chi connectivity index (χ0v) is 14.2. The summed E-state index contributed by atoms with van der Waals surface area (Å²) in [5, 5.41) is 4.04. The highest BCUT2D eigenvalue weighted by molar-refractivity contribution is 5.99. The molecular formula is C19H24N2O3. The van der Waals surface area contributed by atoms with Crippen LogP contribution in [0, 0.1) is 0 Å². The van der Waals surface area contributed by atoms with Crippen molar-refractivity contribution in [3.05, 3.63) is 54.0 Å². The molecule has 0 atom stereocenters. The molecule has 1 aromatic heterocycles. The van der Waals surface area contributed by atoms with Gasteiger partial charge in [0.2, 0.25) is 0 Å². The van der Waals surface area contributed by atoms with E-state index < -0.39 is 0 Å². The molecule has 2 rings (SSSR count). The van der Waals surface area contributed by atoms with Crippen LogP contribution in [0.1, 0.15) is 55.6 Å². The van der Waals surface area contributed by atoms with Gasteiger partial charge in [0.05, 0.1) is 12.9 Å². The monoisotopic (exact) mass is 328 g/mol. The highest BCUT2D eigenvalue weighted by atomic mass is 16.5. The predicted molar refractivity (Wildman–Crippen MR) is 94.5 cm³/mol. The number of ether oxygens (including phenoxy) is 1. The number of nitrogens with one attached hydrogen (secondary N) is 1. The summed E-state index contributed by atoms with van der Waals surface area (Å²) < 4.78 is 10.9. The number of furan rings is 1. The quantitative estimate of drug-likeness (QED) is 0.422. The van der Waals surface area contributed by atoms with Crippen LogP contribution in [0.25, 0.3) is 0 Å². The molecule has 0 spiro atoms. The van der Waals surface area contributed by atoms with E-state index in [-0.39, 0.29) is 5.91 Å². The average molecular weight is 328 g/mol. The summed E-state index contributed by atoms with van der Waals surface area (Å²) in [5.41, 5.74) is 3.66. The maximum absolute atomic E-state index is 12.1. The summed E-state index contributed by atoms with van der Waals surface area (Å²) in [6, 6.07) is 10.6. The first kappa shape index (κ1) is 17.8. The van der Waals surface area contributed by atoms with Crippen LogP contribution in [0.2, 0.25) is 0 Å². The highest BCUT2D eigenvalue weighted by Crippen LogP contribution is 2.13. The first-order chi connectivity index (χ1) is 11.7. The van der Waals surface area contributed by atoms with Crippen LogP contribution in [0.5, 0.6) is 5.75 Å². The smallest absolute Gasteiger partial charge is 0.271 e. The summed E-state index contributed by atoms with van der Waals surface area (Å²) in [6.07, 6.45) is 6.25. The largest absolute Gasteiger partial charge is 0.494 e. The van der Waals surface area contributed by atoms with Crippen LogP contribution in [0.4, 0.5) is 0 Å². The van der Waals surface area contributed by atoms with Gasteiger partial charge in [-0.15, -0.1) is 0 Å². The lowest BCUT2D eigenvalue weighted by Crippen LogP contribution is -2.19. The zero-order valence-electron chi connectivity index (χ0n) is 14.2. The van der Waals surface area contributed by atoms with Crippen molar-refractivity contribution in [2.75, 3.05) is 6.61 Å². The minimum absolute atomic E-state index is 0.268. The van der Waals surface area contributed by atoms with Gasteiger partial charge in [-0.3, -0.25) is 4.79 Å². The fraction of sp³-hybridized carbons (Fsp3) is 0.368. The number of rotatable bonds is 9. The van der Waals surface area contributed by atoms with Crippen molar-refractivity contribution in [2.45, 2.75) is 39.5 Å². The van der Waals surface area contributed by atoms with E-state index in [0.29, 0.717) is 23.6 Å². The van der Waals surface area contributed by atoms with Crippen molar-refractivity contribution >= 4 is 11.6 Å². The van der Waals surface area contributed by atoms with E-state index in [4.69, 9.17) is 9.15 Å². The van der Waals surface area contributed by atoms with E-state index in [0.717, 1.165) is 12.2 Å². The lowest BCUT2D eigenvalue weighted by molar-refractivity contribution is 0.0955. The summed E-state index contributed by atoms with van der Waals surface area (Å²) in [4.78, 5) is 12.1. The molecule has 0 unspecified atom stereocenters. The molecule has 0 saturated heterocycles. The van der Waals surface area contributed by atoms with Crippen molar-refractivity contribution in [1.29, 1.82) is 0 Å². The number of hydrazone groups is 1. The van der Waals surface area contributed by atoms with Gasteiger partial charge < -0.3 is 9.15 Å². The summed E-state index contributed by atoms with van der Waals surface area (Å²) in [7, 11) is 0. The third-order valence-electron chi connectivity index (χ3n) is 3.59. The van der Waals surface area contributed by atoms with Crippen molar-refractivity contribution < 1.29 is 13.9 Å². The van der Waals surface area contributed by atoms with Crippen molar-refractivity contribution in [3.8, 4) is 5.75 Å². The third kappa shape index (κ3) is 5.57. The number of carbonyl (C=O) groups excluding carboxylic acids is 1. The average Bonchev–Trinajstić information content (AvgIpc) is 3.14. The lowest BCUT2D eigenvalue weighted by atomic mass is 10.2. The van der Waals surface area contributed by atoms with Gasteiger partial charge >= 0.3 is 0 Å². The molecule has 128 valence electrons. The van der Waals surface area contributed by atoms with Crippen LogP contribution in [0.15, 0.2) is 52.2 Å². The second-order valence-corrected chi connectivity index (χ2v) is 5.55. The van der Waals surface area contributed by atoms with Gasteiger partial charge in [-0.1, -0.05) is 26.2 Å². The number of unbranched alkanes of at least 4 members (excludes halogenated alkanes) is 3. The Morgan fingerprint density at radius 1 is 1.17 bits per heavy atom. The molecule has 0 aliphatic carbocycles. The molecule has 2 aromatic rings. The first-order valence-corrected chi connectivity index (χ1v) is 8.32. The van der Waals surface area contributed by atoms with E-state index >= 15 is 0 Å². The molecule has 0 bridgehead atoms. The molecule has 0 aliphatic rings. The normalized spacial score (nSPS) is 11.3. The van der Waals surface area contributed by atoms with Gasteiger partial charge in [0, 0.05) is 5.56 Å². The number of hydrogen-bond acceptors (Lipinski definition) is 4. The Bertz CT molecular complexity index is 646. The maximum atomic E-state index is 12.1. The number of hydrogen-bond donors (Lipinski definition) is 1. The van der Waals surface area contributed by atoms with Crippen LogP contribution in [-0.4, -0.2) is 18.2 Å². The molecule has 0 radical (unpaired) electrons. The number of carbonyl (C=O) groups is 1. The number of amides is 1. The molecule has 1 amide bonds. The van der Waals surface area contributed by atoms with Crippen LogP contribution in [0.3, 0.4) is 0 Å². The lowest BCUT2D eigenvalue weighted by Gasteiger charge is -2.07. The van der Waals surface area contributed by atoms with Gasteiger partial charge in [-0.05, 0) is 49.7 Å². The Balaban J connectivity index is 1.81. The number of benzene rings is 1. The predicted octanol–water partition coefficient (Wildman–Crippen LogP) is 4.39. The standard InChI is InChI=1S/C19H24N2O3/c1-3-4-5-6-13-23-17-11-9-16(10-12-17)19(22)21-20-15(2)18-8-7-14-24-18/h7-12,14H,3-6,13H2,1-2H3,(H,21,22)/b20-15+. The molecule has 0 saturated carbocycles. The fourth-order valence-corrected chi connectivity index (χ4v) is 2.16. The molecule has 5 nitrogen and oxygen atoms in total. The Hall–Kier alpha value is -2.56. The summed E-state index contributed by atoms with van der Waals surface area (Å²) >= 11 is 0. The molecule has 0 fully saturated rings. The Morgan fingerprint density at radius 2 is 1.96 bits per heavy atom. The Labute approximate surface area is 142 Å². The first-order valence-electron chi connectivity index (χ1n) is 8.32. The minimum Gasteiger partial charge on any atom is -0.494 e. The summed E-state index contributed by atoms with van der Waals surface area (Å²) in [5.74, 6) is 1.14. The third-order valence-corrected chi connectivity index (χ3v) is 3.59.